The highest BCUT2D eigenvalue weighted by atomic mass is 16.6. The molecule has 0 bridgehead atoms. The number of rotatable bonds is 3. The Balaban J connectivity index is 1.94. The molecule has 0 atom stereocenters. The maximum absolute atomic E-state index is 12.0. The summed E-state index contributed by atoms with van der Waals surface area (Å²) in [6, 6.07) is 6.90. The van der Waals surface area contributed by atoms with Crippen LogP contribution in [-0.4, -0.2) is 42.3 Å². The van der Waals surface area contributed by atoms with Crippen LogP contribution in [0.3, 0.4) is 0 Å². The quantitative estimate of drug-likeness (QED) is 0.915. The molecule has 6 nitrogen and oxygen atoms in total. The van der Waals surface area contributed by atoms with Crippen LogP contribution in [-0.2, 0) is 4.79 Å². The topological polar surface area (TPSA) is 76.1 Å². The molecular formula is C14H17NO5. The molecule has 2 rings (SSSR count). The van der Waals surface area contributed by atoms with Gasteiger partial charge in [-0.25, -0.2) is 4.79 Å². The van der Waals surface area contributed by atoms with Gasteiger partial charge in [-0.05, 0) is 25.0 Å². The number of methoxy groups -OCH3 is 1. The summed E-state index contributed by atoms with van der Waals surface area (Å²) >= 11 is 0. The van der Waals surface area contributed by atoms with Crippen LogP contribution in [0.25, 0.3) is 0 Å². The number of likely N-dealkylation sites (tertiary alicyclic amines) is 1. The third-order valence-corrected chi connectivity index (χ3v) is 3.37. The Morgan fingerprint density at radius 3 is 2.35 bits per heavy atom. The van der Waals surface area contributed by atoms with Crippen molar-refractivity contribution >= 4 is 12.1 Å². The summed E-state index contributed by atoms with van der Waals surface area (Å²) in [5, 5.41) is 8.92. The Morgan fingerprint density at radius 1 is 1.20 bits per heavy atom. The molecule has 1 fully saturated rings. The van der Waals surface area contributed by atoms with Crippen molar-refractivity contribution in [3.8, 4) is 11.5 Å². The zero-order valence-corrected chi connectivity index (χ0v) is 11.2. The molecule has 1 saturated heterocycles. The predicted octanol–water partition coefficient (Wildman–Crippen LogP) is 1.99. The Labute approximate surface area is 116 Å². The molecule has 108 valence electrons. The minimum Gasteiger partial charge on any atom is -0.493 e. The van der Waals surface area contributed by atoms with Gasteiger partial charge in [-0.15, -0.1) is 0 Å². The van der Waals surface area contributed by atoms with Crippen molar-refractivity contribution < 1.29 is 24.2 Å². The van der Waals surface area contributed by atoms with Gasteiger partial charge in [0.25, 0.3) is 0 Å². The number of aliphatic carboxylic acids is 1. The maximum atomic E-state index is 12.0. The number of hydrogen-bond donors (Lipinski definition) is 1. The minimum absolute atomic E-state index is 0.361. The molecule has 0 aromatic heterocycles. The number of carbonyl (C=O) groups is 2. The van der Waals surface area contributed by atoms with E-state index in [9.17, 15) is 9.59 Å². The van der Waals surface area contributed by atoms with Crippen LogP contribution < -0.4 is 9.47 Å². The third-order valence-electron chi connectivity index (χ3n) is 3.37. The maximum Gasteiger partial charge on any atom is 0.415 e. The highest BCUT2D eigenvalue weighted by Crippen LogP contribution is 2.27. The number of carbonyl (C=O) groups excluding carboxylic acids is 1. The fourth-order valence-corrected chi connectivity index (χ4v) is 2.17. The molecule has 1 heterocycles. The molecule has 20 heavy (non-hydrogen) atoms. The lowest BCUT2D eigenvalue weighted by Crippen LogP contribution is -2.41. The van der Waals surface area contributed by atoms with Crippen LogP contribution in [0.4, 0.5) is 4.79 Å². The summed E-state index contributed by atoms with van der Waals surface area (Å²) in [5.41, 5.74) is 0. The second kappa shape index (κ2) is 6.27. The highest BCUT2D eigenvalue weighted by molar-refractivity contribution is 5.73. The van der Waals surface area contributed by atoms with Crippen molar-refractivity contribution in [1.82, 2.24) is 4.90 Å². The van der Waals surface area contributed by atoms with Crippen molar-refractivity contribution in [2.24, 2.45) is 5.92 Å². The molecule has 1 amide bonds. The van der Waals surface area contributed by atoms with Gasteiger partial charge < -0.3 is 19.5 Å². The predicted molar refractivity (Wildman–Crippen MR) is 71.0 cm³/mol. The van der Waals surface area contributed by atoms with Crippen molar-refractivity contribution in [3.05, 3.63) is 24.3 Å². The number of carboxylic acids is 1. The summed E-state index contributed by atoms with van der Waals surface area (Å²) in [4.78, 5) is 24.4. The molecule has 1 aliphatic rings. The first-order valence-electron chi connectivity index (χ1n) is 6.44. The largest absolute Gasteiger partial charge is 0.493 e. The Bertz CT molecular complexity index is 494. The molecule has 1 N–H and O–H groups in total. The fraction of sp³-hybridized carbons (Fsp3) is 0.429. The SMILES string of the molecule is COc1ccccc1OC(=O)N1CCC(C(=O)O)CC1. The van der Waals surface area contributed by atoms with Gasteiger partial charge in [-0.2, -0.15) is 0 Å². The van der Waals surface area contributed by atoms with Crippen molar-refractivity contribution in [2.45, 2.75) is 12.8 Å². The highest BCUT2D eigenvalue weighted by Gasteiger charge is 2.28. The van der Waals surface area contributed by atoms with E-state index in [2.05, 4.69) is 0 Å². The summed E-state index contributed by atoms with van der Waals surface area (Å²) < 4.78 is 10.4. The van der Waals surface area contributed by atoms with Gasteiger partial charge in [0.15, 0.2) is 11.5 Å². The van der Waals surface area contributed by atoms with Gasteiger partial charge in [0.1, 0.15) is 0 Å². The fourth-order valence-electron chi connectivity index (χ4n) is 2.17. The number of carboxylic acid groups (broad SMARTS) is 1. The Morgan fingerprint density at radius 2 is 1.80 bits per heavy atom. The standard InChI is InChI=1S/C14H17NO5/c1-19-11-4-2-3-5-12(11)20-14(18)15-8-6-10(7-9-15)13(16)17/h2-5,10H,6-9H2,1H3,(H,16,17). The number of nitrogens with zero attached hydrogens (tertiary/aromatic N) is 1. The van der Waals surface area contributed by atoms with Crippen molar-refractivity contribution in [3.63, 3.8) is 0 Å². The third kappa shape index (κ3) is 3.20. The molecule has 6 heteroatoms. The number of piperidine rings is 1. The zero-order chi connectivity index (χ0) is 14.5. The average Bonchev–Trinajstić information content (AvgIpc) is 2.48. The first-order chi connectivity index (χ1) is 9.61. The van der Waals surface area contributed by atoms with E-state index in [1.165, 1.54) is 12.0 Å². The van der Waals surface area contributed by atoms with E-state index in [1.54, 1.807) is 24.3 Å². The lowest BCUT2D eigenvalue weighted by molar-refractivity contribution is -0.143. The van der Waals surface area contributed by atoms with E-state index < -0.39 is 12.1 Å². The van der Waals surface area contributed by atoms with E-state index in [4.69, 9.17) is 14.6 Å². The zero-order valence-electron chi connectivity index (χ0n) is 11.2. The van der Waals surface area contributed by atoms with Crippen molar-refractivity contribution in [1.29, 1.82) is 0 Å². The summed E-state index contributed by atoms with van der Waals surface area (Å²) in [7, 11) is 1.50. The van der Waals surface area contributed by atoms with E-state index >= 15 is 0 Å². The first-order valence-corrected chi connectivity index (χ1v) is 6.44. The van der Waals surface area contributed by atoms with E-state index in [0.29, 0.717) is 37.4 Å². The van der Waals surface area contributed by atoms with Gasteiger partial charge in [0.05, 0.1) is 13.0 Å². The monoisotopic (exact) mass is 279 g/mol. The number of amides is 1. The second-order valence-electron chi connectivity index (χ2n) is 4.62. The second-order valence-corrected chi connectivity index (χ2v) is 4.62. The molecule has 1 aliphatic heterocycles. The van der Waals surface area contributed by atoms with Crippen LogP contribution in [0.5, 0.6) is 11.5 Å². The smallest absolute Gasteiger partial charge is 0.415 e. The Hall–Kier alpha value is -2.24. The van der Waals surface area contributed by atoms with Crippen LogP contribution in [0.1, 0.15) is 12.8 Å². The van der Waals surface area contributed by atoms with E-state index in [1.807, 2.05) is 0 Å². The lowest BCUT2D eigenvalue weighted by Gasteiger charge is -2.29. The van der Waals surface area contributed by atoms with Gasteiger partial charge in [0.2, 0.25) is 0 Å². The summed E-state index contributed by atoms with van der Waals surface area (Å²) in [5.74, 6) is -0.324. The molecule has 0 saturated carbocycles. The van der Waals surface area contributed by atoms with Gasteiger partial charge in [0, 0.05) is 13.1 Å². The number of para-hydroxylation sites is 2. The molecule has 1 aromatic rings. The lowest BCUT2D eigenvalue weighted by atomic mass is 9.97. The van der Waals surface area contributed by atoms with E-state index in [0.717, 1.165) is 0 Å². The number of benzene rings is 1. The molecule has 1 aromatic carbocycles. The van der Waals surface area contributed by atoms with Gasteiger partial charge in [-0.3, -0.25) is 4.79 Å². The van der Waals surface area contributed by atoms with Crippen LogP contribution in [0, 0.1) is 5.92 Å². The number of ether oxygens (including phenoxy) is 2. The van der Waals surface area contributed by atoms with E-state index in [-0.39, 0.29) is 5.92 Å². The van der Waals surface area contributed by atoms with Crippen LogP contribution in [0.2, 0.25) is 0 Å². The molecule has 0 spiro atoms. The van der Waals surface area contributed by atoms with Crippen molar-refractivity contribution in [2.75, 3.05) is 20.2 Å². The minimum atomic E-state index is -0.803. The Kier molecular flexibility index (Phi) is 4.45. The van der Waals surface area contributed by atoms with Crippen LogP contribution in [0.15, 0.2) is 24.3 Å². The first kappa shape index (κ1) is 14.2. The average molecular weight is 279 g/mol. The van der Waals surface area contributed by atoms with Gasteiger partial charge in [-0.1, -0.05) is 12.1 Å². The summed E-state index contributed by atoms with van der Waals surface area (Å²) in [6.07, 6.45) is 0.436. The molecule has 0 aliphatic carbocycles. The molecular weight excluding hydrogens is 262 g/mol. The molecule has 0 unspecified atom stereocenters. The van der Waals surface area contributed by atoms with Crippen LogP contribution >= 0.6 is 0 Å². The molecule has 0 radical (unpaired) electrons. The summed E-state index contributed by atoms with van der Waals surface area (Å²) in [6.45, 7) is 0.788. The van der Waals surface area contributed by atoms with Gasteiger partial charge >= 0.3 is 12.1 Å². The number of hydrogen-bond acceptors (Lipinski definition) is 4. The normalized spacial score (nSPS) is 15.8.